The minimum atomic E-state index is -3.38. The number of hydrogen-bond acceptors (Lipinski definition) is 5. The molecule has 1 aromatic carbocycles. The van der Waals surface area contributed by atoms with Crippen LogP contribution in [0.3, 0.4) is 0 Å². The van der Waals surface area contributed by atoms with Crippen LogP contribution in [0.1, 0.15) is 12.5 Å². The zero-order valence-corrected chi connectivity index (χ0v) is 17.1. The SMILES string of the molecule is CC(=O)N1CCN(CC(=O)N2CCN(S(=O)(=O)Cc3ccccc3)CC2)CC1. The van der Waals surface area contributed by atoms with Crippen LogP contribution in [0.5, 0.6) is 0 Å². The fourth-order valence-corrected chi connectivity index (χ4v) is 5.12. The van der Waals surface area contributed by atoms with Crippen molar-refractivity contribution in [3.63, 3.8) is 0 Å². The van der Waals surface area contributed by atoms with Gasteiger partial charge in [-0.1, -0.05) is 30.3 Å². The molecule has 0 aromatic heterocycles. The fourth-order valence-electron chi connectivity index (χ4n) is 3.60. The Morgan fingerprint density at radius 2 is 1.43 bits per heavy atom. The van der Waals surface area contributed by atoms with Gasteiger partial charge in [-0.2, -0.15) is 4.31 Å². The number of carbonyl (C=O) groups is 2. The van der Waals surface area contributed by atoms with Crippen molar-refractivity contribution >= 4 is 21.8 Å². The molecule has 2 aliphatic heterocycles. The summed E-state index contributed by atoms with van der Waals surface area (Å²) in [6.45, 7) is 6.06. The first kappa shape index (κ1) is 20.8. The maximum Gasteiger partial charge on any atom is 0.236 e. The lowest BCUT2D eigenvalue weighted by atomic mass is 10.2. The van der Waals surface area contributed by atoms with Gasteiger partial charge in [0.15, 0.2) is 0 Å². The van der Waals surface area contributed by atoms with Gasteiger partial charge in [0.2, 0.25) is 21.8 Å². The molecule has 2 heterocycles. The van der Waals surface area contributed by atoms with Crippen molar-refractivity contribution in [3.8, 4) is 0 Å². The van der Waals surface area contributed by atoms with Gasteiger partial charge in [-0.25, -0.2) is 8.42 Å². The first-order valence-electron chi connectivity index (χ1n) is 9.62. The maximum atomic E-state index is 12.6. The van der Waals surface area contributed by atoms with E-state index in [-0.39, 0.29) is 17.6 Å². The van der Waals surface area contributed by atoms with Crippen LogP contribution in [0.25, 0.3) is 0 Å². The molecule has 2 saturated heterocycles. The Bertz CT molecular complexity index is 783. The second-order valence-electron chi connectivity index (χ2n) is 7.30. The molecule has 0 N–H and O–H groups in total. The summed E-state index contributed by atoms with van der Waals surface area (Å²) in [5.41, 5.74) is 0.769. The minimum Gasteiger partial charge on any atom is -0.340 e. The number of nitrogens with zero attached hydrogens (tertiary/aromatic N) is 4. The molecule has 3 rings (SSSR count). The average molecular weight is 409 g/mol. The highest BCUT2D eigenvalue weighted by atomic mass is 32.2. The molecule has 0 unspecified atom stereocenters. The average Bonchev–Trinajstić information content (AvgIpc) is 2.69. The summed E-state index contributed by atoms with van der Waals surface area (Å²) in [6.07, 6.45) is 0. The van der Waals surface area contributed by atoms with Crippen molar-refractivity contribution in [2.75, 3.05) is 58.9 Å². The smallest absolute Gasteiger partial charge is 0.236 e. The van der Waals surface area contributed by atoms with Crippen molar-refractivity contribution in [2.45, 2.75) is 12.7 Å². The molecule has 9 heteroatoms. The quantitative estimate of drug-likeness (QED) is 0.676. The summed E-state index contributed by atoms with van der Waals surface area (Å²) in [7, 11) is -3.38. The van der Waals surface area contributed by atoms with E-state index >= 15 is 0 Å². The van der Waals surface area contributed by atoms with E-state index < -0.39 is 10.0 Å². The Morgan fingerprint density at radius 3 is 2.00 bits per heavy atom. The van der Waals surface area contributed by atoms with Crippen LogP contribution < -0.4 is 0 Å². The third kappa shape index (κ3) is 5.30. The monoisotopic (exact) mass is 408 g/mol. The predicted octanol–water partition coefficient (Wildman–Crippen LogP) is -0.175. The van der Waals surface area contributed by atoms with E-state index in [1.807, 2.05) is 30.3 Å². The van der Waals surface area contributed by atoms with Crippen LogP contribution in [0.2, 0.25) is 0 Å². The lowest BCUT2D eigenvalue weighted by molar-refractivity contribution is -0.135. The predicted molar refractivity (Wildman–Crippen MR) is 106 cm³/mol. The standard InChI is InChI=1S/C19H28N4O4S/c1-17(24)21-9-7-20(8-10-21)15-19(25)22-11-13-23(14-12-22)28(26,27)16-18-5-3-2-4-6-18/h2-6H,7-16H2,1H3. The van der Waals surface area contributed by atoms with Crippen molar-refractivity contribution in [1.29, 1.82) is 0 Å². The largest absolute Gasteiger partial charge is 0.340 e. The molecular weight excluding hydrogens is 380 g/mol. The number of amides is 2. The number of piperazine rings is 2. The highest BCUT2D eigenvalue weighted by Crippen LogP contribution is 2.14. The number of hydrogen-bond donors (Lipinski definition) is 0. The molecule has 0 radical (unpaired) electrons. The molecule has 2 aliphatic rings. The molecule has 2 amide bonds. The van der Waals surface area contributed by atoms with E-state index in [1.165, 1.54) is 4.31 Å². The van der Waals surface area contributed by atoms with Gasteiger partial charge in [0.05, 0.1) is 12.3 Å². The van der Waals surface area contributed by atoms with Gasteiger partial charge < -0.3 is 9.80 Å². The molecule has 154 valence electrons. The molecular formula is C19H28N4O4S. The molecule has 8 nitrogen and oxygen atoms in total. The van der Waals surface area contributed by atoms with Crippen LogP contribution >= 0.6 is 0 Å². The topological polar surface area (TPSA) is 81.2 Å². The number of carbonyl (C=O) groups excluding carboxylic acids is 2. The molecule has 0 bridgehead atoms. The Balaban J connectivity index is 1.46. The lowest BCUT2D eigenvalue weighted by Gasteiger charge is -2.37. The van der Waals surface area contributed by atoms with Gasteiger partial charge in [0.25, 0.3) is 0 Å². The van der Waals surface area contributed by atoms with Crippen molar-refractivity contribution in [1.82, 2.24) is 19.0 Å². The van der Waals surface area contributed by atoms with Crippen LogP contribution in [-0.4, -0.2) is 98.1 Å². The summed E-state index contributed by atoms with van der Waals surface area (Å²) in [6, 6.07) is 9.14. The van der Waals surface area contributed by atoms with Gasteiger partial charge in [-0.15, -0.1) is 0 Å². The molecule has 0 spiro atoms. The minimum absolute atomic E-state index is 0.0117. The summed E-state index contributed by atoms with van der Waals surface area (Å²) in [5.74, 6) is 0.0811. The third-order valence-electron chi connectivity index (χ3n) is 5.35. The van der Waals surface area contributed by atoms with E-state index in [9.17, 15) is 18.0 Å². The van der Waals surface area contributed by atoms with Gasteiger partial charge >= 0.3 is 0 Å². The van der Waals surface area contributed by atoms with Crippen LogP contribution in [0.15, 0.2) is 30.3 Å². The number of benzene rings is 1. The summed E-state index contributed by atoms with van der Waals surface area (Å²) >= 11 is 0. The van der Waals surface area contributed by atoms with E-state index in [0.29, 0.717) is 58.9 Å². The van der Waals surface area contributed by atoms with Crippen molar-refractivity contribution < 1.29 is 18.0 Å². The lowest BCUT2D eigenvalue weighted by Crippen LogP contribution is -2.55. The van der Waals surface area contributed by atoms with E-state index in [1.54, 1.807) is 16.7 Å². The number of sulfonamides is 1. The zero-order valence-electron chi connectivity index (χ0n) is 16.3. The third-order valence-corrected chi connectivity index (χ3v) is 7.20. The normalized spacial score (nSPS) is 19.6. The van der Waals surface area contributed by atoms with Crippen molar-refractivity contribution in [2.24, 2.45) is 0 Å². The first-order valence-corrected chi connectivity index (χ1v) is 11.2. The van der Waals surface area contributed by atoms with Crippen LogP contribution in [0.4, 0.5) is 0 Å². The molecule has 0 saturated carbocycles. The van der Waals surface area contributed by atoms with Crippen molar-refractivity contribution in [3.05, 3.63) is 35.9 Å². The van der Waals surface area contributed by atoms with Gasteiger partial charge in [0.1, 0.15) is 0 Å². The van der Waals surface area contributed by atoms with E-state index in [2.05, 4.69) is 4.90 Å². The highest BCUT2D eigenvalue weighted by molar-refractivity contribution is 7.88. The molecule has 28 heavy (non-hydrogen) atoms. The second-order valence-corrected chi connectivity index (χ2v) is 9.27. The van der Waals surface area contributed by atoms with Gasteiger partial charge in [-0.3, -0.25) is 14.5 Å². The molecule has 0 atom stereocenters. The molecule has 1 aromatic rings. The van der Waals surface area contributed by atoms with Gasteiger partial charge in [-0.05, 0) is 5.56 Å². The summed E-state index contributed by atoms with van der Waals surface area (Å²) in [5, 5.41) is 0. The van der Waals surface area contributed by atoms with Crippen LogP contribution in [-0.2, 0) is 25.4 Å². The molecule has 2 fully saturated rings. The Kier molecular flexibility index (Phi) is 6.69. The van der Waals surface area contributed by atoms with E-state index in [4.69, 9.17) is 0 Å². The van der Waals surface area contributed by atoms with Crippen LogP contribution in [0, 0.1) is 0 Å². The molecule has 0 aliphatic carbocycles. The maximum absolute atomic E-state index is 12.6. The zero-order chi connectivity index (χ0) is 20.1. The number of rotatable bonds is 5. The fraction of sp³-hybridized carbons (Fsp3) is 0.579. The summed E-state index contributed by atoms with van der Waals surface area (Å²) < 4.78 is 26.7. The highest BCUT2D eigenvalue weighted by Gasteiger charge is 2.30. The Hall–Kier alpha value is -1.97. The Morgan fingerprint density at radius 1 is 0.857 bits per heavy atom. The second kappa shape index (κ2) is 9.02. The summed E-state index contributed by atoms with van der Waals surface area (Å²) in [4.78, 5) is 29.5. The Labute approximate surface area is 166 Å². The van der Waals surface area contributed by atoms with E-state index in [0.717, 1.165) is 5.56 Å². The van der Waals surface area contributed by atoms with Gasteiger partial charge in [0, 0.05) is 59.3 Å². The first-order chi connectivity index (χ1) is 13.3.